The number of hydrogen-bond donors (Lipinski definition) is 1. The standard InChI is InChI=1S/C16H21Cl2N3O2.ClH/c17-14-2-1-12(9-15(14)18)20-4-6-21(7-5-20)16(22)10-13-11-19-3-8-23-13;/h1-2,9,13,19H,3-8,10-11H2;1H. The van der Waals surface area contributed by atoms with Crippen LogP contribution in [0.15, 0.2) is 18.2 Å². The number of carbonyl (C=O) groups excluding carboxylic acids is 1. The molecular weight excluding hydrogens is 373 g/mol. The Morgan fingerprint density at radius 3 is 2.58 bits per heavy atom. The molecule has 1 N–H and O–H groups in total. The summed E-state index contributed by atoms with van der Waals surface area (Å²) in [5.41, 5.74) is 1.05. The number of anilines is 1. The topological polar surface area (TPSA) is 44.8 Å². The fourth-order valence-corrected chi connectivity index (χ4v) is 3.26. The molecule has 2 fully saturated rings. The molecule has 1 unspecified atom stereocenters. The fraction of sp³-hybridized carbons (Fsp3) is 0.562. The summed E-state index contributed by atoms with van der Waals surface area (Å²) in [5.74, 6) is 0.174. The first-order valence-corrected chi connectivity index (χ1v) is 8.69. The number of carbonyl (C=O) groups is 1. The molecule has 0 aromatic heterocycles. The molecule has 5 nitrogen and oxygen atoms in total. The van der Waals surface area contributed by atoms with Crippen molar-refractivity contribution in [3.63, 3.8) is 0 Å². The number of amides is 1. The Balaban J connectivity index is 0.00000208. The van der Waals surface area contributed by atoms with E-state index in [1.165, 1.54) is 0 Å². The molecule has 0 spiro atoms. The second kappa shape index (κ2) is 9.11. The van der Waals surface area contributed by atoms with Gasteiger partial charge >= 0.3 is 0 Å². The smallest absolute Gasteiger partial charge is 0.225 e. The lowest BCUT2D eigenvalue weighted by molar-refractivity contribution is -0.135. The highest BCUT2D eigenvalue weighted by Gasteiger charge is 2.25. The van der Waals surface area contributed by atoms with Crippen LogP contribution in [0, 0.1) is 0 Å². The van der Waals surface area contributed by atoms with Crippen LogP contribution >= 0.6 is 35.6 Å². The van der Waals surface area contributed by atoms with Gasteiger partial charge in [0.2, 0.25) is 5.91 Å². The van der Waals surface area contributed by atoms with E-state index in [0.717, 1.165) is 45.0 Å². The molecular formula is C16H22Cl3N3O2. The number of rotatable bonds is 3. The van der Waals surface area contributed by atoms with E-state index in [1.807, 2.05) is 23.1 Å². The van der Waals surface area contributed by atoms with E-state index >= 15 is 0 Å². The van der Waals surface area contributed by atoms with Crippen molar-refractivity contribution in [3.05, 3.63) is 28.2 Å². The van der Waals surface area contributed by atoms with Crippen LogP contribution in [0.4, 0.5) is 5.69 Å². The highest BCUT2D eigenvalue weighted by Crippen LogP contribution is 2.27. The molecule has 2 saturated heterocycles. The molecule has 1 atom stereocenters. The van der Waals surface area contributed by atoms with Gasteiger partial charge in [-0.3, -0.25) is 4.79 Å². The van der Waals surface area contributed by atoms with E-state index in [1.54, 1.807) is 0 Å². The molecule has 1 aromatic carbocycles. The number of piperazine rings is 1. The lowest BCUT2D eigenvalue weighted by Gasteiger charge is -2.37. The van der Waals surface area contributed by atoms with Gasteiger partial charge in [0.25, 0.3) is 0 Å². The highest BCUT2D eigenvalue weighted by molar-refractivity contribution is 6.42. The van der Waals surface area contributed by atoms with Gasteiger partial charge in [-0.25, -0.2) is 0 Å². The molecule has 2 heterocycles. The molecule has 1 amide bonds. The Bertz CT molecular complexity index is 559. The lowest BCUT2D eigenvalue weighted by atomic mass is 10.2. The van der Waals surface area contributed by atoms with Crippen LogP contribution in [0.2, 0.25) is 10.0 Å². The first kappa shape index (κ1) is 19.6. The molecule has 24 heavy (non-hydrogen) atoms. The van der Waals surface area contributed by atoms with Gasteiger partial charge in [0.05, 0.1) is 29.2 Å². The molecule has 134 valence electrons. The first-order chi connectivity index (χ1) is 11.1. The normalized spacial score (nSPS) is 21.3. The second-order valence-corrected chi connectivity index (χ2v) is 6.68. The fourth-order valence-electron chi connectivity index (χ4n) is 2.97. The van der Waals surface area contributed by atoms with Crippen LogP contribution in [0.3, 0.4) is 0 Å². The van der Waals surface area contributed by atoms with Crippen LogP contribution in [0.5, 0.6) is 0 Å². The van der Waals surface area contributed by atoms with Crippen LogP contribution in [0.1, 0.15) is 6.42 Å². The average molecular weight is 395 g/mol. The summed E-state index contributed by atoms with van der Waals surface area (Å²) < 4.78 is 5.61. The van der Waals surface area contributed by atoms with Gasteiger partial charge in [-0.05, 0) is 18.2 Å². The van der Waals surface area contributed by atoms with E-state index in [9.17, 15) is 4.79 Å². The van der Waals surface area contributed by atoms with Gasteiger partial charge in [0.1, 0.15) is 0 Å². The Morgan fingerprint density at radius 1 is 1.21 bits per heavy atom. The summed E-state index contributed by atoms with van der Waals surface area (Å²) in [7, 11) is 0. The number of benzene rings is 1. The largest absolute Gasteiger partial charge is 0.375 e. The molecule has 3 rings (SSSR count). The number of halogens is 3. The predicted octanol–water partition coefficient (Wildman–Crippen LogP) is 2.44. The highest BCUT2D eigenvalue weighted by atomic mass is 35.5. The predicted molar refractivity (Wildman–Crippen MR) is 99.7 cm³/mol. The number of hydrogen-bond acceptors (Lipinski definition) is 4. The maximum absolute atomic E-state index is 12.4. The zero-order valence-corrected chi connectivity index (χ0v) is 15.7. The second-order valence-electron chi connectivity index (χ2n) is 5.87. The van der Waals surface area contributed by atoms with Crippen molar-refractivity contribution in [2.75, 3.05) is 50.8 Å². The first-order valence-electron chi connectivity index (χ1n) is 7.93. The molecule has 0 radical (unpaired) electrons. The summed E-state index contributed by atoms with van der Waals surface area (Å²) in [5, 5.41) is 4.37. The molecule has 0 saturated carbocycles. The molecule has 0 aliphatic carbocycles. The third-order valence-electron chi connectivity index (χ3n) is 4.31. The van der Waals surface area contributed by atoms with Crippen LogP contribution in [0.25, 0.3) is 0 Å². The van der Waals surface area contributed by atoms with E-state index < -0.39 is 0 Å². The molecule has 8 heteroatoms. The van der Waals surface area contributed by atoms with Gasteiger partial charge in [-0.1, -0.05) is 23.2 Å². The number of nitrogens with one attached hydrogen (secondary N) is 1. The summed E-state index contributed by atoms with van der Waals surface area (Å²) in [4.78, 5) is 16.5. The lowest BCUT2D eigenvalue weighted by Crippen LogP contribution is -2.50. The van der Waals surface area contributed by atoms with E-state index in [-0.39, 0.29) is 24.4 Å². The van der Waals surface area contributed by atoms with Crippen LogP contribution in [-0.4, -0.2) is 62.8 Å². The van der Waals surface area contributed by atoms with E-state index in [0.29, 0.717) is 23.1 Å². The summed E-state index contributed by atoms with van der Waals surface area (Å²) >= 11 is 12.0. The average Bonchev–Trinajstić information content (AvgIpc) is 2.58. The van der Waals surface area contributed by atoms with Crippen LogP contribution < -0.4 is 10.2 Å². The third-order valence-corrected chi connectivity index (χ3v) is 5.05. The van der Waals surface area contributed by atoms with Crippen molar-refractivity contribution in [3.8, 4) is 0 Å². The number of morpholine rings is 1. The quantitative estimate of drug-likeness (QED) is 0.855. The minimum atomic E-state index is 0. The van der Waals surface area contributed by atoms with Gasteiger partial charge in [0.15, 0.2) is 0 Å². The summed E-state index contributed by atoms with van der Waals surface area (Å²) in [6.07, 6.45) is 0.462. The zero-order valence-electron chi connectivity index (χ0n) is 13.3. The van der Waals surface area contributed by atoms with Crippen LogP contribution in [-0.2, 0) is 9.53 Å². The van der Waals surface area contributed by atoms with Gasteiger partial charge in [-0.15, -0.1) is 12.4 Å². The molecule has 1 aromatic rings. The van der Waals surface area contributed by atoms with Crippen molar-refractivity contribution < 1.29 is 9.53 Å². The SMILES string of the molecule is Cl.O=C(CC1CNCCO1)N1CCN(c2ccc(Cl)c(Cl)c2)CC1. The van der Waals surface area contributed by atoms with E-state index in [2.05, 4.69) is 10.2 Å². The Kier molecular flexibility index (Phi) is 7.44. The van der Waals surface area contributed by atoms with Crippen molar-refractivity contribution in [2.24, 2.45) is 0 Å². The minimum Gasteiger partial charge on any atom is -0.375 e. The minimum absolute atomic E-state index is 0. The van der Waals surface area contributed by atoms with Gasteiger partial charge in [-0.2, -0.15) is 0 Å². The Hall–Kier alpha value is -0.720. The van der Waals surface area contributed by atoms with Gasteiger partial charge < -0.3 is 19.9 Å². The summed E-state index contributed by atoms with van der Waals surface area (Å²) in [6.45, 7) is 5.35. The monoisotopic (exact) mass is 393 g/mol. The van der Waals surface area contributed by atoms with Crippen molar-refractivity contribution in [1.29, 1.82) is 0 Å². The maximum Gasteiger partial charge on any atom is 0.225 e. The van der Waals surface area contributed by atoms with Crippen molar-refractivity contribution in [2.45, 2.75) is 12.5 Å². The van der Waals surface area contributed by atoms with Crippen molar-refractivity contribution in [1.82, 2.24) is 10.2 Å². The molecule has 2 aliphatic heterocycles. The molecule has 2 aliphatic rings. The summed E-state index contributed by atoms with van der Waals surface area (Å²) in [6, 6.07) is 5.65. The van der Waals surface area contributed by atoms with Crippen molar-refractivity contribution >= 4 is 47.2 Å². The van der Waals surface area contributed by atoms with E-state index in [4.69, 9.17) is 27.9 Å². The zero-order chi connectivity index (χ0) is 16.2. The molecule has 0 bridgehead atoms. The Labute approximate surface area is 158 Å². The number of nitrogens with zero attached hydrogens (tertiary/aromatic N) is 2. The maximum atomic E-state index is 12.4. The third kappa shape index (κ3) is 4.90. The van der Waals surface area contributed by atoms with Gasteiger partial charge in [0, 0.05) is 45.0 Å². The Morgan fingerprint density at radius 2 is 1.96 bits per heavy atom. The number of ether oxygens (including phenoxy) is 1.